The molecule has 0 aromatic carbocycles. The largest absolute Gasteiger partial charge is 0.382 e. The molecule has 0 radical (unpaired) electrons. The first-order valence-electron chi connectivity index (χ1n) is 7.53. The second kappa shape index (κ2) is 5.79. The van der Waals surface area contributed by atoms with Crippen LogP contribution in [0, 0.1) is 5.41 Å². The molecular weight excluding hydrogens is 250 g/mol. The first-order valence-corrected chi connectivity index (χ1v) is 7.53. The Morgan fingerprint density at radius 3 is 2.55 bits per heavy atom. The summed E-state index contributed by atoms with van der Waals surface area (Å²) in [6.45, 7) is 4.39. The Hall–Kier alpha value is -1.62. The minimum absolute atomic E-state index is 0.0384. The molecule has 5 heteroatoms. The lowest BCUT2D eigenvalue weighted by Crippen LogP contribution is -2.49. The van der Waals surface area contributed by atoms with Crippen LogP contribution >= 0.6 is 0 Å². The predicted molar refractivity (Wildman–Crippen MR) is 81.3 cm³/mol. The maximum absolute atomic E-state index is 7.48. The smallest absolute Gasteiger partial charge is 0.141 e. The first-order chi connectivity index (χ1) is 9.74. The van der Waals surface area contributed by atoms with Crippen LogP contribution in [0.3, 0.4) is 0 Å². The summed E-state index contributed by atoms with van der Waals surface area (Å²) in [6, 6.07) is 4.76. The van der Waals surface area contributed by atoms with Crippen LogP contribution in [0.25, 0.3) is 0 Å². The molecule has 1 aromatic rings. The van der Waals surface area contributed by atoms with E-state index in [4.69, 9.17) is 11.1 Å². The third-order valence-corrected chi connectivity index (χ3v) is 4.54. The van der Waals surface area contributed by atoms with Crippen LogP contribution in [-0.2, 0) is 0 Å². The summed E-state index contributed by atoms with van der Waals surface area (Å²) in [5, 5.41) is 7.48. The van der Waals surface area contributed by atoms with Crippen molar-refractivity contribution in [1.29, 1.82) is 5.41 Å². The van der Waals surface area contributed by atoms with Crippen molar-refractivity contribution in [3.05, 3.63) is 24.0 Å². The second-order valence-electron chi connectivity index (χ2n) is 5.77. The quantitative estimate of drug-likeness (QED) is 0.646. The lowest BCUT2D eigenvalue weighted by atomic mass is 10.1. The molecule has 2 heterocycles. The van der Waals surface area contributed by atoms with Gasteiger partial charge in [0, 0.05) is 44.1 Å². The Bertz CT molecular complexity index is 473. The van der Waals surface area contributed by atoms with Crippen molar-refractivity contribution in [2.45, 2.75) is 31.7 Å². The van der Waals surface area contributed by atoms with Crippen molar-refractivity contribution in [1.82, 2.24) is 9.88 Å². The van der Waals surface area contributed by atoms with Gasteiger partial charge >= 0.3 is 0 Å². The molecule has 2 aliphatic rings. The molecule has 0 bridgehead atoms. The standard InChI is InChI=1S/C15H23N5/c16-15(17)14-11-13(5-6-18-14)20-9-7-19(8-10-20)12-3-1-2-4-12/h5-6,11-12H,1-4,7-10H2,(H3,16,17). The highest BCUT2D eigenvalue weighted by molar-refractivity contribution is 5.93. The van der Waals surface area contributed by atoms with Gasteiger partial charge in [0.1, 0.15) is 11.5 Å². The number of pyridine rings is 1. The van der Waals surface area contributed by atoms with Gasteiger partial charge in [0.2, 0.25) is 0 Å². The van der Waals surface area contributed by atoms with Crippen LogP contribution in [0.4, 0.5) is 5.69 Å². The van der Waals surface area contributed by atoms with E-state index in [-0.39, 0.29) is 5.84 Å². The van der Waals surface area contributed by atoms with Crippen LogP contribution in [0.2, 0.25) is 0 Å². The third-order valence-electron chi connectivity index (χ3n) is 4.54. The lowest BCUT2D eigenvalue weighted by molar-refractivity contribution is 0.187. The predicted octanol–water partition coefficient (Wildman–Crippen LogP) is 1.43. The fourth-order valence-electron chi connectivity index (χ4n) is 3.38. The van der Waals surface area contributed by atoms with Crippen molar-refractivity contribution < 1.29 is 0 Å². The van der Waals surface area contributed by atoms with Crippen LogP contribution in [-0.4, -0.2) is 47.9 Å². The van der Waals surface area contributed by atoms with Crippen molar-refractivity contribution in [3.8, 4) is 0 Å². The van der Waals surface area contributed by atoms with Crippen LogP contribution in [0.1, 0.15) is 31.4 Å². The van der Waals surface area contributed by atoms with Gasteiger partial charge in [-0.1, -0.05) is 12.8 Å². The molecule has 1 aliphatic carbocycles. The molecule has 1 saturated heterocycles. The van der Waals surface area contributed by atoms with E-state index in [9.17, 15) is 0 Å². The summed E-state index contributed by atoms with van der Waals surface area (Å²) >= 11 is 0. The summed E-state index contributed by atoms with van der Waals surface area (Å²) < 4.78 is 0. The fraction of sp³-hybridized carbons (Fsp3) is 0.600. The van der Waals surface area contributed by atoms with E-state index in [1.807, 2.05) is 12.1 Å². The number of nitrogens with two attached hydrogens (primary N) is 1. The van der Waals surface area contributed by atoms with E-state index >= 15 is 0 Å². The van der Waals surface area contributed by atoms with Gasteiger partial charge in [-0.05, 0) is 25.0 Å². The number of aromatic nitrogens is 1. The number of nitrogen functional groups attached to an aromatic ring is 1. The molecule has 0 amide bonds. The number of anilines is 1. The molecule has 5 nitrogen and oxygen atoms in total. The Morgan fingerprint density at radius 1 is 1.20 bits per heavy atom. The molecule has 20 heavy (non-hydrogen) atoms. The monoisotopic (exact) mass is 273 g/mol. The number of hydrogen-bond acceptors (Lipinski definition) is 4. The Morgan fingerprint density at radius 2 is 1.90 bits per heavy atom. The number of hydrogen-bond donors (Lipinski definition) is 2. The normalized spacial score (nSPS) is 21.3. The van der Waals surface area contributed by atoms with Crippen LogP contribution in [0.15, 0.2) is 18.3 Å². The molecule has 1 aromatic heterocycles. The SMILES string of the molecule is N=C(N)c1cc(N2CCN(C3CCCC3)CC2)ccn1. The van der Waals surface area contributed by atoms with Crippen LogP contribution < -0.4 is 10.6 Å². The van der Waals surface area contributed by atoms with Gasteiger partial charge in [0.15, 0.2) is 0 Å². The highest BCUT2D eigenvalue weighted by Gasteiger charge is 2.26. The number of piperazine rings is 1. The van der Waals surface area contributed by atoms with Crippen molar-refractivity contribution in [2.75, 3.05) is 31.1 Å². The van der Waals surface area contributed by atoms with Gasteiger partial charge < -0.3 is 10.6 Å². The summed E-state index contributed by atoms with van der Waals surface area (Å²) in [6.07, 6.45) is 7.30. The Balaban J connectivity index is 1.62. The van der Waals surface area contributed by atoms with Crippen molar-refractivity contribution in [3.63, 3.8) is 0 Å². The summed E-state index contributed by atoms with van der Waals surface area (Å²) in [5.74, 6) is 0.0384. The number of rotatable bonds is 3. The molecule has 3 rings (SSSR count). The number of nitrogens with zero attached hydrogens (tertiary/aromatic N) is 3. The van der Waals surface area contributed by atoms with E-state index in [1.165, 1.54) is 25.7 Å². The van der Waals surface area contributed by atoms with Gasteiger partial charge in [0.25, 0.3) is 0 Å². The molecule has 0 unspecified atom stereocenters. The van der Waals surface area contributed by atoms with Gasteiger partial charge in [-0.3, -0.25) is 15.3 Å². The average molecular weight is 273 g/mol. The summed E-state index contributed by atoms with van der Waals surface area (Å²) in [4.78, 5) is 9.15. The minimum Gasteiger partial charge on any atom is -0.382 e. The fourth-order valence-corrected chi connectivity index (χ4v) is 3.38. The Kier molecular flexibility index (Phi) is 3.87. The molecule has 0 atom stereocenters. The topological polar surface area (TPSA) is 69.2 Å². The first kappa shape index (κ1) is 13.4. The van der Waals surface area contributed by atoms with E-state index in [0.717, 1.165) is 37.9 Å². The lowest BCUT2D eigenvalue weighted by Gasteiger charge is -2.39. The van der Waals surface area contributed by atoms with Crippen molar-refractivity contribution >= 4 is 11.5 Å². The zero-order chi connectivity index (χ0) is 13.9. The summed E-state index contributed by atoms with van der Waals surface area (Å²) in [7, 11) is 0. The van der Waals surface area contributed by atoms with E-state index < -0.39 is 0 Å². The highest BCUT2D eigenvalue weighted by atomic mass is 15.3. The number of nitrogens with one attached hydrogen (secondary N) is 1. The molecule has 1 saturated carbocycles. The molecule has 2 fully saturated rings. The second-order valence-corrected chi connectivity index (χ2v) is 5.77. The zero-order valence-electron chi connectivity index (χ0n) is 11.9. The third kappa shape index (κ3) is 2.77. The molecule has 3 N–H and O–H groups in total. The maximum Gasteiger partial charge on any atom is 0.141 e. The van der Waals surface area contributed by atoms with Gasteiger partial charge in [-0.25, -0.2) is 0 Å². The summed E-state index contributed by atoms with van der Waals surface area (Å²) in [5.41, 5.74) is 7.22. The highest BCUT2D eigenvalue weighted by Crippen LogP contribution is 2.25. The molecule has 0 spiro atoms. The Labute approximate surface area is 120 Å². The van der Waals surface area contributed by atoms with E-state index in [2.05, 4.69) is 14.8 Å². The van der Waals surface area contributed by atoms with Crippen LogP contribution in [0.5, 0.6) is 0 Å². The molecule has 1 aliphatic heterocycles. The van der Waals surface area contributed by atoms with E-state index in [1.54, 1.807) is 6.20 Å². The molecular formula is C15H23N5. The zero-order valence-corrected chi connectivity index (χ0v) is 11.9. The number of amidine groups is 1. The van der Waals surface area contributed by atoms with Crippen molar-refractivity contribution in [2.24, 2.45) is 5.73 Å². The molecule has 108 valence electrons. The maximum atomic E-state index is 7.48. The van der Waals surface area contributed by atoms with Gasteiger partial charge in [-0.15, -0.1) is 0 Å². The minimum atomic E-state index is 0.0384. The van der Waals surface area contributed by atoms with E-state index in [0.29, 0.717) is 5.69 Å². The van der Waals surface area contributed by atoms with Gasteiger partial charge in [0.05, 0.1) is 0 Å². The van der Waals surface area contributed by atoms with Gasteiger partial charge in [-0.2, -0.15) is 0 Å². The average Bonchev–Trinajstić information content (AvgIpc) is 3.02.